The molecule has 1 amide bonds. The number of pyridine rings is 1. The predicted octanol–water partition coefficient (Wildman–Crippen LogP) is 2.62. The van der Waals surface area contributed by atoms with Gasteiger partial charge in [0.2, 0.25) is 0 Å². The van der Waals surface area contributed by atoms with Crippen molar-refractivity contribution in [3.8, 4) is 0 Å². The highest BCUT2D eigenvalue weighted by Crippen LogP contribution is 2.26. The summed E-state index contributed by atoms with van der Waals surface area (Å²) in [5.41, 5.74) is 3.72. The molecule has 1 aromatic heterocycles. The maximum Gasteiger partial charge on any atom is 0.328 e. The number of nitrogens with zero attached hydrogens (tertiary/aromatic N) is 3. The van der Waals surface area contributed by atoms with Crippen LogP contribution in [0.15, 0.2) is 47.7 Å². The Hall–Kier alpha value is -3.22. The first-order valence-corrected chi connectivity index (χ1v) is 9.05. The lowest BCUT2D eigenvalue weighted by atomic mass is 9.96. The number of carbonyl (C=O) groups excluding carboxylic acids is 1. The third kappa shape index (κ3) is 3.53. The first-order valence-electron chi connectivity index (χ1n) is 9.05. The van der Waals surface area contributed by atoms with Crippen LogP contribution in [0, 0.1) is 0 Å². The Morgan fingerprint density at radius 1 is 1.15 bits per heavy atom. The van der Waals surface area contributed by atoms with E-state index in [1.165, 1.54) is 10.6 Å². The lowest BCUT2D eigenvalue weighted by molar-refractivity contribution is -0.138. The number of aromatic nitrogens is 1. The normalized spacial score (nSPS) is 18.6. The second-order valence-corrected chi connectivity index (χ2v) is 6.78. The largest absolute Gasteiger partial charge is 0.480 e. The van der Waals surface area contributed by atoms with E-state index >= 15 is 0 Å². The quantitative estimate of drug-likeness (QED) is 0.870. The number of nitrogens with one attached hydrogen (secondary N) is 1. The van der Waals surface area contributed by atoms with Gasteiger partial charge in [0.05, 0.1) is 17.6 Å². The number of aliphatic carboxylic acids is 1. The van der Waals surface area contributed by atoms with Gasteiger partial charge in [-0.2, -0.15) is 5.10 Å². The molecule has 1 unspecified atom stereocenters. The molecule has 2 heterocycles. The molecule has 2 aromatic rings. The molecule has 1 atom stereocenters. The van der Waals surface area contributed by atoms with E-state index in [1.807, 2.05) is 12.1 Å². The molecule has 0 radical (unpaired) electrons. The Balaban J connectivity index is 1.54. The summed E-state index contributed by atoms with van der Waals surface area (Å²) in [7, 11) is 0. The zero-order chi connectivity index (χ0) is 18.8. The number of para-hydroxylation sites is 1. The van der Waals surface area contributed by atoms with Gasteiger partial charge in [-0.15, -0.1) is 0 Å². The number of carboxylic acids is 1. The second-order valence-electron chi connectivity index (χ2n) is 6.78. The number of carboxylic acid groups (broad SMARTS) is 1. The van der Waals surface area contributed by atoms with Crippen LogP contribution in [0.4, 0.5) is 11.4 Å². The van der Waals surface area contributed by atoms with Gasteiger partial charge in [0.25, 0.3) is 5.91 Å². The average molecular weight is 364 g/mol. The highest BCUT2D eigenvalue weighted by atomic mass is 16.4. The number of hydrazone groups is 1. The van der Waals surface area contributed by atoms with Crippen molar-refractivity contribution in [2.45, 2.75) is 38.1 Å². The molecule has 1 aliphatic heterocycles. The van der Waals surface area contributed by atoms with Gasteiger partial charge in [-0.05, 0) is 49.4 Å². The fourth-order valence-corrected chi connectivity index (χ4v) is 3.52. The fourth-order valence-electron chi connectivity index (χ4n) is 3.52. The van der Waals surface area contributed by atoms with Crippen LogP contribution >= 0.6 is 0 Å². The smallest absolute Gasteiger partial charge is 0.328 e. The molecule has 27 heavy (non-hydrogen) atoms. The molecule has 0 saturated heterocycles. The number of carbonyl (C=O) groups is 2. The van der Waals surface area contributed by atoms with E-state index in [1.54, 1.807) is 30.5 Å². The third-order valence-corrected chi connectivity index (χ3v) is 4.91. The van der Waals surface area contributed by atoms with Crippen LogP contribution in [0.1, 0.15) is 30.5 Å². The number of hydrogen-bond donors (Lipinski definition) is 2. The minimum absolute atomic E-state index is 0.0500. The molecule has 0 spiro atoms. The maximum absolute atomic E-state index is 12.6. The summed E-state index contributed by atoms with van der Waals surface area (Å²) in [5.74, 6) is -1.40. The van der Waals surface area contributed by atoms with Crippen molar-refractivity contribution >= 4 is 29.0 Å². The molecule has 1 aromatic carbocycles. The van der Waals surface area contributed by atoms with Crippen molar-refractivity contribution in [1.29, 1.82) is 0 Å². The zero-order valence-electron chi connectivity index (χ0n) is 14.8. The van der Waals surface area contributed by atoms with Crippen molar-refractivity contribution in [3.05, 3.63) is 53.9 Å². The molecular formula is C20H20N4O3. The van der Waals surface area contributed by atoms with E-state index < -0.39 is 17.9 Å². The minimum atomic E-state index is -1.01. The predicted molar refractivity (Wildman–Crippen MR) is 102 cm³/mol. The first-order chi connectivity index (χ1) is 13.1. The Bertz CT molecular complexity index is 911. The minimum Gasteiger partial charge on any atom is -0.480 e. The number of hydrogen-bond acceptors (Lipinski definition) is 5. The van der Waals surface area contributed by atoms with Crippen LogP contribution in [-0.4, -0.2) is 33.7 Å². The topological polar surface area (TPSA) is 94.9 Å². The van der Waals surface area contributed by atoms with Gasteiger partial charge in [0.1, 0.15) is 5.71 Å². The third-order valence-electron chi connectivity index (χ3n) is 4.91. The number of amides is 1. The fraction of sp³-hybridized carbons (Fsp3) is 0.300. The maximum atomic E-state index is 12.6. The molecular weight excluding hydrogens is 344 g/mol. The molecule has 0 saturated carbocycles. The van der Waals surface area contributed by atoms with Gasteiger partial charge < -0.3 is 10.4 Å². The molecule has 1 aliphatic carbocycles. The molecule has 4 rings (SSSR count). The summed E-state index contributed by atoms with van der Waals surface area (Å²) in [6.07, 6.45) is 5.92. The average Bonchev–Trinajstić information content (AvgIpc) is 3.15. The molecule has 0 fully saturated rings. The van der Waals surface area contributed by atoms with Crippen LogP contribution in [-0.2, 0) is 22.4 Å². The van der Waals surface area contributed by atoms with E-state index in [9.17, 15) is 14.7 Å². The van der Waals surface area contributed by atoms with Gasteiger partial charge in [-0.25, -0.2) is 4.79 Å². The summed E-state index contributed by atoms with van der Waals surface area (Å²) in [5, 5.41) is 18.0. The van der Waals surface area contributed by atoms with E-state index in [-0.39, 0.29) is 12.1 Å². The summed E-state index contributed by atoms with van der Waals surface area (Å²) in [6, 6.07) is 10.1. The number of fused-ring (bicyclic) bond motifs is 1. The van der Waals surface area contributed by atoms with Crippen LogP contribution in [0.2, 0.25) is 0 Å². The lowest BCUT2D eigenvalue weighted by Crippen LogP contribution is -2.34. The summed E-state index contributed by atoms with van der Waals surface area (Å²) >= 11 is 0. The highest BCUT2D eigenvalue weighted by molar-refractivity contribution is 6.44. The molecule has 2 N–H and O–H groups in total. The molecule has 2 aliphatic rings. The molecule has 138 valence electrons. The monoisotopic (exact) mass is 364 g/mol. The van der Waals surface area contributed by atoms with Gasteiger partial charge in [-0.3, -0.25) is 14.8 Å². The SMILES string of the molecule is O=C(Nc1cnc2c(c1)CCCC2)C1=NN(c2ccccc2)C(C(=O)O)C1. The summed E-state index contributed by atoms with van der Waals surface area (Å²) in [4.78, 5) is 28.7. The lowest BCUT2D eigenvalue weighted by Gasteiger charge is -2.19. The second kappa shape index (κ2) is 7.19. The van der Waals surface area contributed by atoms with Gasteiger partial charge in [-0.1, -0.05) is 18.2 Å². The van der Waals surface area contributed by atoms with Crippen molar-refractivity contribution in [2.75, 3.05) is 10.3 Å². The summed E-state index contributed by atoms with van der Waals surface area (Å²) in [6.45, 7) is 0. The highest BCUT2D eigenvalue weighted by Gasteiger charge is 2.36. The van der Waals surface area contributed by atoms with Gasteiger partial charge in [0, 0.05) is 12.1 Å². The Kier molecular flexibility index (Phi) is 4.58. The number of aryl methyl sites for hydroxylation is 2. The Labute approximate surface area is 156 Å². The Morgan fingerprint density at radius 3 is 2.70 bits per heavy atom. The first kappa shape index (κ1) is 17.2. The zero-order valence-corrected chi connectivity index (χ0v) is 14.8. The van der Waals surface area contributed by atoms with Crippen molar-refractivity contribution in [2.24, 2.45) is 5.10 Å². The van der Waals surface area contributed by atoms with Crippen LogP contribution in [0.5, 0.6) is 0 Å². The Morgan fingerprint density at radius 2 is 1.93 bits per heavy atom. The number of benzene rings is 1. The molecule has 0 bridgehead atoms. The van der Waals surface area contributed by atoms with Crippen molar-refractivity contribution in [1.82, 2.24) is 4.98 Å². The van der Waals surface area contributed by atoms with Crippen LogP contribution in [0.3, 0.4) is 0 Å². The van der Waals surface area contributed by atoms with Crippen LogP contribution in [0.25, 0.3) is 0 Å². The molecule has 7 heteroatoms. The summed E-state index contributed by atoms with van der Waals surface area (Å²) < 4.78 is 0. The van der Waals surface area contributed by atoms with Crippen molar-refractivity contribution in [3.63, 3.8) is 0 Å². The van der Waals surface area contributed by atoms with E-state index in [2.05, 4.69) is 15.4 Å². The number of anilines is 2. The van der Waals surface area contributed by atoms with Crippen LogP contribution < -0.4 is 10.3 Å². The van der Waals surface area contributed by atoms with Crippen molar-refractivity contribution < 1.29 is 14.7 Å². The van der Waals surface area contributed by atoms with E-state index in [0.717, 1.165) is 31.4 Å². The molecule has 7 nitrogen and oxygen atoms in total. The standard InChI is InChI=1S/C20H20N4O3/c25-19(22-14-10-13-6-4-5-9-16(13)21-12-14)17-11-18(20(26)27)24(23-17)15-7-2-1-3-8-15/h1-3,7-8,10,12,18H,4-6,9,11H2,(H,22,25)(H,26,27). The van der Waals surface area contributed by atoms with E-state index in [4.69, 9.17) is 0 Å². The van der Waals surface area contributed by atoms with Gasteiger partial charge in [0.15, 0.2) is 6.04 Å². The van der Waals surface area contributed by atoms with Gasteiger partial charge >= 0.3 is 5.97 Å². The number of rotatable bonds is 4. The van der Waals surface area contributed by atoms with E-state index in [0.29, 0.717) is 11.4 Å².